The molecular formula is C8H12N4O2. The molecule has 2 rings (SSSR count). The maximum absolute atomic E-state index is 11.7. The van der Waals surface area contributed by atoms with E-state index in [1.165, 1.54) is 11.1 Å². The average Bonchev–Trinajstić information content (AvgIpc) is 2.65. The van der Waals surface area contributed by atoms with E-state index in [1.807, 2.05) is 0 Å². The van der Waals surface area contributed by atoms with Crippen LogP contribution in [0.1, 0.15) is 23.3 Å². The first-order valence-electron chi connectivity index (χ1n) is 4.53. The van der Waals surface area contributed by atoms with Crippen LogP contribution in [-0.4, -0.2) is 34.3 Å². The van der Waals surface area contributed by atoms with Crippen molar-refractivity contribution in [3.8, 4) is 0 Å². The minimum atomic E-state index is -0.214. The Balaban J connectivity index is 2.07. The highest BCUT2D eigenvalue weighted by atomic mass is 16.7. The molecule has 1 aromatic heterocycles. The van der Waals surface area contributed by atoms with Gasteiger partial charge in [-0.25, -0.2) is 5.06 Å². The fraction of sp³-hybridized carbons (Fsp3) is 0.500. The fourth-order valence-electron chi connectivity index (χ4n) is 1.34. The van der Waals surface area contributed by atoms with Crippen molar-refractivity contribution < 1.29 is 9.63 Å². The maximum atomic E-state index is 11.7. The summed E-state index contributed by atoms with van der Waals surface area (Å²) in [5, 5.41) is 7.58. The molecular weight excluding hydrogens is 184 g/mol. The van der Waals surface area contributed by atoms with E-state index in [-0.39, 0.29) is 5.91 Å². The van der Waals surface area contributed by atoms with E-state index in [2.05, 4.69) is 10.2 Å². The molecule has 6 heteroatoms. The predicted molar refractivity (Wildman–Crippen MR) is 49.2 cm³/mol. The monoisotopic (exact) mass is 196 g/mol. The number of rotatable bonds is 1. The summed E-state index contributed by atoms with van der Waals surface area (Å²) < 4.78 is 0. The number of carbonyl (C=O) groups excluding carboxylic acids is 1. The van der Waals surface area contributed by atoms with Crippen molar-refractivity contribution in [2.24, 2.45) is 0 Å². The summed E-state index contributed by atoms with van der Waals surface area (Å²) in [7, 11) is 0. The van der Waals surface area contributed by atoms with Gasteiger partial charge in [-0.2, -0.15) is 5.10 Å². The van der Waals surface area contributed by atoms with Gasteiger partial charge in [0.15, 0.2) is 0 Å². The first-order valence-corrected chi connectivity index (χ1v) is 4.53. The molecule has 1 saturated heterocycles. The Morgan fingerprint density at radius 2 is 2.50 bits per heavy atom. The molecule has 1 aromatic rings. The van der Waals surface area contributed by atoms with Crippen molar-refractivity contribution >= 4 is 11.7 Å². The Hall–Kier alpha value is -1.56. The van der Waals surface area contributed by atoms with Crippen LogP contribution in [0.15, 0.2) is 6.07 Å². The van der Waals surface area contributed by atoms with Gasteiger partial charge in [-0.15, -0.1) is 0 Å². The molecule has 76 valence electrons. The highest BCUT2D eigenvalue weighted by Crippen LogP contribution is 2.11. The summed E-state index contributed by atoms with van der Waals surface area (Å²) in [6.07, 6.45) is 1.96. The number of hydrogen-bond acceptors (Lipinski definition) is 4. The first kappa shape index (κ1) is 9.01. The molecule has 0 saturated carbocycles. The van der Waals surface area contributed by atoms with E-state index >= 15 is 0 Å². The van der Waals surface area contributed by atoms with Gasteiger partial charge in [0.05, 0.1) is 6.61 Å². The lowest BCUT2D eigenvalue weighted by molar-refractivity contribution is -0.144. The Kier molecular flexibility index (Phi) is 2.36. The Labute approximate surface area is 81.0 Å². The predicted octanol–water partition coefficient (Wildman–Crippen LogP) is 0.159. The zero-order valence-corrected chi connectivity index (χ0v) is 7.69. The van der Waals surface area contributed by atoms with E-state index in [0.29, 0.717) is 24.7 Å². The summed E-state index contributed by atoms with van der Waals surface area (Å²) in [5.41, 5.74) is 5.76. The number of aromatic amines is 1. The number of nitrogens with one attached hydrogen (secondary N) is 1. The van der Waals surface area contributed by atoms with Gasteiger partial charge in [0.1, 0.15) is 11.5 Å². The van der Waals surface area contributed by atoms with Crippen LogP contribution in [0.4, 0.5) is 5.82 Å². The molecule has 0 spiro atoms. The molecule has 3 N–H and O–H groups in total. The van der Waals surface area contributed by atoms with Gasteiger partial charge in [-0.1, -0.05) is 0 Å². The van der Waals surface area contributed by atoms with Crippen LogP contribution in [0, 0.1) is 0 Å². The number of nitrogens with two attached hydrogens (primary N) is 1. The normalized spacial score (nSPS) is 17.0. The van der Waals surface area contributed by atoms with Crippen LogP contribution in [0.3, 0.4) is 0 Å². The highest BCUT2D eigenvalue weighted by Gasteiger charge is 2.20. The summed E-state index contributed by atoms with van der Waals surface area (Å²) in [4.78, 5) is 16.9. The van der Waals surface area contributed by atoms with Crippen molar-refractivity contribution in [3.63, 3.8) is 0 Å². The topological polar surface area (TPSA) is 84.2 Å². The van der Waals surface area contributed by atoms with E-state index < -0.39 is 0 Å². The molecule has 0 atom stereocenters. The average molecular weight is 196 g/mol. The van der Waals surface area contributed by atoms with Crippen LogP contribution >= 0.6 is 0 Å². The van der Waals surface area contributed by atoms with Gasteiger partial charge < -0.3 is 5.73 Å². The molecule has 6 nitrogen and oxygen atoms in total. The molecule has 0 unspecified atom stereocenters. The molecule has 1 fully saturated rings. The van der Waals surface area contributed by atoms with E-state index in [9.17, 15) is 4.79 Å². The Morgan fingerprint density at radius 3 is 3.07 bits per heavy atom. The third-order valence-corrected chi connectivity index (χ3v) is 2.06. The van der Waals surface area contributed by atoms with Gasteiger partial charge in [0.2, 0.25) is 0 Å². The van der Waals surface area contributed by atoms with E-state index in [0.717, 1.165) is 12.8 Å². The number of amides is 1. The lowest BCUT2D eigenvalue weighted by Crippen LogP contribution is -2.35. The highest BCUT2D eigenvalue weighted by molar-refractivity contribution is 5.92. The summed E-state index contributed by atoms with van der Waals surface area (Å²) in [5.74, 6) is 0.0965. The van der Waals surface area contributed by atoms with Gasteiger partial charge in [0, 0.05) is 12.6 Å². The number of H-pyrrole nitrogens is 1. The number of aromatic nitrogens is 2. The van der Waals surface area contributed by atoms with Crippen LogP contribution < -0.4 is 5.73 Å². The molecule has 2 heterocycles. The first-order chi connectivity index (χ1) is 6.77. The van der Waals surface area contributed by atoms with Gasteiger partial charge in [-0.3, -0.25) is 14.7 Å². The zero-order valence-electron chi connectivity index (χ0n) is 7.69. The SMILES string of the molecule is Nc1cc(C(=O)N2CCCCO2)[nH]n1. The number of hydroxylamine groups is 2. The molecule has 1 amide bonds. The molecule has 0 bridgehead atoms. The molecule has 1 aliphatic heterocycles. The smallest absolute Gasteiger partial charge is 0.295 e. The van der Waals surface area contributed by atoms with Crippen molar-refractivity contribution in [2.45, 2.75) is 12.8 Å². The van der Waals surface area contributed by atoms with Crippen molar-refractivity contribution in [3.05, 3.63) is 11.8 Å². The van der Waals surface area contributed by atoms with E-state index in [4.69, 9.17) is 10.6 Å². The van der Waals surface area contributed by atoms with Crippen LogP contribution in [0.2, 0.25) is 0 Å². The number of hydrogen-bond donors (Lipinski definition) is 2. The summed E-state index contributed by atoms with van der Waals surface area (Å²) >= 11 is 0. The maximum Gasteiger partial charge on any atom is 0.295 e. The second kappa shape index (κ2) is 3.67. The molecule has 0 aliphatic carbocycles. The van der Waals surface area contributed by atoms with Crippen molar-refractivity contribution in [1.29, 1.82) is 0 Å². The molecule has 0 radical (unpaired) electrons. The lowest BCUT2D eigenvalue weighted by atomic mass is 10.3. The minimum Gasteiger partial charge on any atom is -0.382 e. The van der Waals surface area contributed by atoms with Crippen molar-refractivity contribution in [1.82, 2.24) is 15.3 Å². The second-order valence-corrected chi connectivity index (χ2v) is 3.15. The summed E-state index contributed by atoms with van der Waals surface area (Å²) in [6, 6.07) is 1.50. The zero-order chi connectivity index (χ0) is 9.97. The number of anilines is 1. The third kappa shape index (κ3) is 1.69. The largest absolute Gasteiger partial charge is 0.382 e. The molecule has 14 heavy (non-hydrogen) atoms. The number of nitrogen functional groups attached to an aromatic ring is 1. The summed E-state index contributed by atoms with van der Waals surface area (Å²) in [6.45, 7) is 1.22. The fourth-order valence-corrected chi connectivity index (χ4v) is 1.34. The standard InChI is InChI=1S/C8H12N4O2/c9-7-5-6(10-11-7)8(13)12-3-1-2-4-14-12/h5H,1-4H2,(H3,9,10,11). The molecule has 1 aliphatic rings. The van der Waals surface area contributed by atoms with Crippen molar-refractivity contribution in [2.75, 3.05) is 18.9 Å². The number of nitrogens with zero attached hydrogens (tertiary/aromatic N) is 2. The second-order valence-electron chi connectivity index (χ2n) is 3.15. The van der Waals surface area contributed by atoms with Crippen LogP contribution in [0.25, 0.3) is 0 Å². The van der Waals surface area contributed by atoms with Gasteiger partial charge in [0.25, 0.3) is 5.91 Å². The number of carbonyl (C=O) groups is 1. The lowest BCUT2D eigenvalue weighted by Gasteiger charge is -2.25. The quantitative estimate of drug-likeness (QED) is 0.670. The van der Waals surface area contributed by atoms with Gasteiger partial charge in [-0.05, 0) is 12.8 Å². The Morgan fingerprint density at radius 1 is 1.64 bits per heavy atom. The van der Waals surface area contributed by atoms with Gasteiger partial charge >= 0.3 is 0 Å². The van der Waals surface area contributed by atoms with E-state index in [1.54, 1.807) is 0 Å². The van der Waals surface area contributed by atoms with Crippen LogP contribution in [-0.2, 0) is 4.84 Å². The van der Waals surface area contributed by atoms with Crippen LogP contribution in [0.5, 0.6) is 0 Å². The molecule has 0 aromatic carbocycles. The Bertz CT molecular complexity index is 330. The minimum absolute atomic E-state index is 0.214. The third-order valence-electron chi connectivity index (χ3n) is 2.06.